The first-order valence-corrected chi connectivity index (χ1v) is 7.26. The van der Waals surface area contributed by atoms with Crippen molar-refractivity contribution in [2.75, 3.05) is 13.1 Å². The fourth-order valence-electron chi connectivity index (χ4n) is 1.81. The number of hydrogen-bond acceptors (Lipinski definition) is 3. The van der Waals surface area contributed by atoms with Gasteiger partial charge in [-0.1, -0.05) is 13.8 Å². The van der Waals surface area contributed by atoms with Crippen molar-refractivity contribution >= 4 is 29.9 Å². The molecule has 0 aliphatic heterocycles. The number of halogens is 1. The largest absolute Gasteiger partial charge is 0.388 e. The van der Waals surface area contributed by atoms with Gasteiger partial charge in [-0.2, -0.15) is 5.10 Å². The highest BCUT2D eigenvalue weighted by atomic mass is 127. The summed E-state index contributed by atoms with van der Waals surface area (Å²) < 4.78 is 1.81. The first kappa shape index (κ1) is 20.2. The maximum atomic E-state index is 10.3. The molecule has 0 saturated carbocycles. The average molecular weight is 409 g/mol. The lowest BCUT2D eigenvalue weighted by atomic mass is 9.98. The third-order valence-corrected chi connectivity index (χ3v) is 3.57. The highest BCUT2D eigenvalue weighted by Gasteiger charge is 2.22. The van der Waals surface area contributed by atoms with Crippen LogP contribution in [0.4, 0.5) is 0 Å². The summed E-state index contributed by atoms with van der Waals surface area (Å²) in [6.45, 7) is 7.84. The van der Waals surface area contributed by atoms with Crippen LogP contribution < -0.4 is 10.6 Å². The molecule has 1 aromatic heterocycles. The molecular weight excluding hydrogens is 381 g/mol. The van der Waals surface area contributed by atoms with E-state index in [1.807, 2.05) is 38.6 Å². The standard InChI is InChI=1S/C14H27N5O.HI/c1-5-14(20,6-2)11-17-13(15-7-3)16-10-12-8-9-18-19(12)4;/h8-9,20H,5-7,10-11H2,1-4H3,(H2,15,16,17);1H. The minimum Gasteiger partial charge on any atom is -0.388 e. The number of aliphatic hydroxyl groups is 1. The van der Waals surface area contributed by atoms with Crippen LogP contribution in [-0.2, 0) is 13.6 Å². The third-order valence-electron chi connectivity index (χ3n) is 3.57. The Labute approximate surface area is 144 Å². The van der Waals surface area contributed by atoms with Gasteiger partial charge in [0, 0.05) is 26.3 Å². The summed E-state index contributed by atoms with van der Waals surface area (Å²) in [4.78, 5) is 4.51. The molecule has 0 aliphatic carbocycles. The van der Waals surface area contributed by atoms with E-state index in [1.165, 1.54) is 0 Å². The maximum absolute atomic E-state index is 10.3. The Kier molecular flexibility index (Phi) is 9.60. The molecule has 7 heteroatoms. The minimum absolute atomic E-state index is 0. The van der Waals surface area contributed by atoms with Crippen molar-refractivity contribution in [1.82, 2.24) is 20.4 Å². The lowest BCUT2D eigenvalue weighted by Gasteiger charge is -2.26. The van der Waals surface area contributed by atoms with E-state index >= 15 is 0 Å². The first-order valence-electron chi connectivity index (χ1n) is 7.26. The van der Waals surface area contributed by atoms with E-state index in [-0.39, 0.29) is 24.0 Å². The Morgan fingerprint density at radius 2 is 2.00 bits per heavy atom. The zero-order chi connectivity index (χ0) is 15.0. The fourth-order valence-corrected chi connectivity index (χ4v) is 1.81. The van der Waals surface area contributed by atoms with Crippen LogP contribution in [0.25, 0.3) is 0 Å². The second kappa shape index (κ2) is 9.99. The van der Waals surface area contributed by atoms with Gasteiger partial charge in [-0.3, -0.25) is 4.68 Å². The van der Waals surface area contributed by atoms with E-state index in [4.69, 9.17) is 0 Å². The molecule has 1 rings (SSSR count). The van der Waals surface area contributed by atoms with Gasteiger partial charge in [-0.05, 0) is 25.8 Å². The topological polar surface area (TPSA) is 74.5 Å². The van der Waals surface area contributed by atoms with Crippen molar-refractivity contribution in [3.63, 3.8) is 0 Å². The second-order valence-corrected chi connectivity index (χ2v) is 4.93. The number of aryl methyl sites for hydroxylation is 1. The Balaban J connectivity index is 0.00000400. The average Bonchev–Trinajstić information content (AvgIpc) is 2.87. The molecular formula is C14H28IN5O. The third kappa shape index (κ3) is 6.64. The molecule has 1 aromatic rings. The van der Waals surface area contributed by atoms with Gasteiger partial charge in [0.2, 0.25) is 0 Å². The predicted molar refractivity (Wildman–Crippen MR) is 97.0 cm³/mol. The SMILES string of the molecule is CCNC(=NCc1ccnn1C)NCC(O)(CC)CC.I. The van der Waals surface area contributed by atoms with Gasteiger partial charge < -0.3 is 15.7 Å². The molecule has 21 heavy (non-hydrogen) atoms. The molecule has 0 saturated heterocycles. The second-order valence-electron chi connectivity index (χ2n) is 4.93. The number of rotatable bonds is 7. The quantitative estimate of drug-likeness (QED) is 0.364. The predicted octanol–water partition coefficient (Wildman–Crippen LogP) is 1.64. The summed E-state index contributed by atoms with van der Waals surface area (Å²) in [7, 11) is 1.90. The summed E-state index contributed by atoms with van der Waals surface area (Å²) in [6, 6.07) is 1.95. The monoisotopic (exact) mass is 409 g/mol. The number of aromatic nitrogens is 2. The lowest BCUT2D eigenvalue weighted by Crippen LogP contribution is -2.46. The molecule has 0 aliphatic rings. The molecule has 122 valence electrons. The van der Waals surface area contributed by atoms with Gasteiger partial charge in [-0.25, -0.2) is 4.99 Å². The molecule has 6 nitrogen and oxygen atoms in total. The van der Waals surface area contributed by atoms with Gasteiger partial charge >= 0.3 is 0 Å². The van der Waals surface area contributed by atoms with Gasteiger partial charge in [-0.15, -0.1) is 24.0 Å². The van der Waals surface area contributed by atoms with Crippen molar-refractivity contribution in [2.24, 2.45) is 12.0 Å². The van der Waals surface area contributed by atoms with E-state index in [0.717, 1.165) is 25.1 Å². The summed E-state index contributed by atoms with van der Waals surface area (Å²) in [5.41, 5.74) is 0.367. The minimum atomic E-state index is -0.678. The summed E-state index contributed by atoms with van der Waals surface area (Å²) in [5.74, 6) is 0.717. The smallest absolute Gasteiger partial charge is 0.191 e. The normalized spacial score (nSPS) is 12.0. The van der Waals surface area contributed by atoms with E-state index in [1.54, 1.807) is 6.20 Å². The number of nitrogens with zero attached hydrogens (tertiary/aromatic N) is 3. The van der Waals surface area contributed by atoms with Crippen molar-refractivity contribution in [3.8, 4) is 0 Å². The van der Waals surface area contributed by atoms with Gasteiger partial charge in [0.1, 0.15) is 0 Å². The van der Waals surface area contributed by atoms with Crippen molar-refractivity contribution in [3.05, 3.63) is 18.0 Å². The van der Waals surface area contributed by atoms with Gasteiger partial charge in [0.25, 0.3) is 0 Å². The highest BCUT2D eigenvalue weighted by Crippen LogP contribution is 2.12. The van der Waals surface area contributed by atoms with Crippen LogP contribution in [0.15, 0.2) is 17.3 Å². The number of hydrogen-bond donors (Lipinski definition) is 3. The molecule has 0 fully saturated rings. The van der Waals surface area contributed by atoms with Crippen LogP contribution in [-0.4, -0.2) is 39.5 Å². The summed E-state index contributed by atoms with van der Waals surface area (Å²) in [6.07, 6.45) is 3.20. The molecule has 0 radical (unpaired) electrons. The van der Waals surface area contributed by atoms with E-state index < -0.39 is 5.60 Å². The van der Waals surface area contributed by atoms with Crippen LogP contribution in [0.5, 0.6) is 0 Å². The van der Waals surface area contributed by atoms with Crippen molar-refractivity contribution in [1.29, 1.82) is 0 Å². The molecule has 0 bridgehead atoms. The zero-order valence-corrected chi connectivity index (χ0v) is 15.7. The first-order chi connectivity index (χ1) is 9.54. The molecule has 0 amide bonds. The van der Waals surface area contributed by atoms with Crippen LogP contribution in [0.2, 0.25) is 0 Å². The Hall–Kier alpha value is -0.830. The zero-order valence-electron chi connectivity index (χ0n) is 13.4. The molecule has 0 aromatic carbocycles. The summed E-state index contributed by atoms with van der Waals surface area (Å²) in [5, 5.41) is 20.8. The van der Waals surface area contributed by atoms with Crippen LogP contribution >= 0.6 is 24.0 Å². The molecule has 3 N–H and O–H groups in total. The van der Waals surface area contributed by atoms with Crippen LogP contribution in [0.3, 0.4) is 0 Å². The van der Waals surface area contributed by atoms with Crippen molar-refractivity contribution < 1.29 is 5.11 Å². The van der Waals surface area contributed by atoms with E-state index in [2.05, 4.69) is 20.7 Å². The molecule has 0 atom stereocenters. The van der Waals surface area contributed by atoms with Crippen molar-refractivity contribution in [2.45, 2.75) is 45.8 Å². The fraction of sp³-hybridized carbons (Fsp3) is 0.714. The van der Waals surface area contributed by atoms with E-state index in [9.17, 15) is 5.11 Å². The summed E-state index contributed by atoms with van der Waals surface area (Å²) >= 11 is 0. The molecule has 1 heterocycles. The maximum Gasteiger partial charge on any atom is 0.191 e. The Bertz CT molecular complexity index is 429. The Morgan fingerprint density at radius 3 is 2.48 bits per heavy atom. The van der Waals surface area contributed by atoms with Crippen LogP contribution in [0, 0.1) is 0 Å². The van der Waals surface area contributed by atoms with E-state index in [0.29, 0.717) is 19.0 Å². The Morgan fingerprint density at radius 1 is 1.33 bits per heavy atom. The number of aliphatic imine (C=N–C) groups is 1. The number of guanidine groups is 1. The number of nitrogens with one attached hydrogen (secondary N) is 2. The van der Waals surface area contributed by atoms with Gasteiger partial charge in [0.15, 0.2) is 5.96 Å². The van der Waals surface area contributed by atoms with Crippen LogP contribution in [0.1, 0.15) is 39.3 Å². The molecule has 0 unspecified atom stereocenters. The van der Waals surface area contributed by atoms with Gasteiger partial charge in [0.05, 0.1) is 17.8 Å². The highest BCUT2D eigenvalue weighted by molar-refractivity contribution is 14.0. The molecule has 0 spiro atoms. The lowest BCUT2D eigenvalue weighted by molar-refractivity contribution is 0.0367.